The molecule has 0 aliphatic carbocycles. The molecule has 4 rings (SSSR count). The Balaban J connectivity index is 0.000000449. The van der Waals surface area contributed by atoms with Crippen molar-refractivity contribution >= 4 is 10.8 Å². The smallest absolute Gasteiger partial charge is 0.233 e. The first-order valence-corrected chi connectivity index (χ1v) is 10.7. The molecule has 0 bridgehead atoms. The number of aromatic nitrogens is 2. The van der Waals surface area contributed by atoms with E-state index in [1.54, 1.807) is 34.3 Å². The van der Waals surface area contributed by atoms with Crippen LogP contribution in [0.1, 0.15) is 20.3 Å². The van der Waals surface area contributed by atoms with Crippen LogP contribution in [0.4, 0.5) is 0 Å². The molecular weight excluding hydrogens is 609 g/mol. The number of aliphatic hydroxyl groups is 2. The Kier molecular flexibility index (Phi) is 10.6. The van der Waals surface area contributed by atoms with Gasteiger partial charge in [0.25, 0.3) is 0 Å². The van der Waals surface area contributed by atoms with Gasteiger partial charge < -0.3 is 19.7 Å². The zero-order valence-electron chi connectivity index (χ0n) is 19.7. The van der Waals surface area contributed by atoms with Gasteiger partial charge in [-0.05, 0) is 31.0 Å². The van der Waals surface area contributed by atoms with Crippen LogP contribution >= 0.6 is 0 Å². The summed E-state index contributed by atoms with van der Waals surface area (Å²) in [4.78, 5) is 8.68. The van der Waals surface area contributed by atoms with Crippen LogP contribution in [0.2, 0.25) is 0 Å². The van der Waals surface area contributed by atoms with Crippen molar-refractivity contribution in [3.8, 4) is 34.1 Å². The maximum atomic E-state index is 8.56. The van der Waals surface area contributed by atoms with E-state index in [-0.39, 0.29) is 32.3 Å². The first-order valence-electron chi connectivity index (χ1n) is 10.7. The fourth-order valence-corrected chi connectivity index (χ4v) is 3.49. The molecule has 1 heterocycles. The van der Waals surface area contributed by atoms with Crippen LogP contribution in [0.3, 0.4) is 0 Å². The average Bonchev–Trinajstić information content (AvgIpc) is 2.83. The zero-order chi connectivity index (χ0) is 23.8. The molecule has 6 nitrogen and oxygen atoms in total. The van der Waals surface area contributed by atoms with Gasteiger partial charge in [-0.25, -0.2) is 0 Å². The fourth-order valence-electron chi connectivity index (χ4n) is 3.49. The normalized spacial score (nSPS) is 12.1. The first-order chi connectivity index (χ1) is 15.9. The van der Waals surface area contributed by atoms with Crippen molar-refractivity contribution in [3.05, 3.63) is 72.9 Å². The third-order valence-electron chi connectivity index (χ3n) is 4.97. The quantitative estimate of drug-likeness (QED) is 0.292. The molecule has 3 aromatic carbocycles. The fraction of sp³-hybridized carbons (Fsp3) is 0.259. The van der Waals surface area contributed by atoms with E-state index in [0.717, 1.165) is 11.1 Å². The van der Waals surface area contributed by atoms with E-state index in [4.69, 9.17) is 19.7 Å². The predicted octanol–water partition coefficient (Wildman–Crippen LogP) is 4.92. The van der Waals surface area contributed by atoms with Crippen molar-refractivity contribution < 1.29 is 39.8 Å². The Morgan fingerprint density at radius 2 is 1.62 bits per heavy atom. The van der Waals surface area contributed by atoms with E-state index < -0.39 is 0 Å². The molecule has 2 unspecified atom stereocenters. The number of rotatable bonds is 6. The van der Waals surface area contributed by atoms with Gasteiger partial charge in [-0.2, -0.15) is 4.98 Å². The third kappa shape index (κ3) is 7.08. The van der Waals surface area contributed by atoms with Crippen LogP contribution in [0, 0.1) is 6.07 Å². The molecule has 0 spiro atoms. The van der Waals surface area contributed by atoms with Crippen molar-refractivity contribution in [2.24, 2.45) is 0 Å². The average molecular weight is 638 g/mol. The summed E-state index contributed by atoms with van der Waals surface area (Å²) >= 11 is 0. The maximum absolute atomic E-state index is 8.56. The van der Waals surface area contributed by atoms with Crippen LogP contribution < -0.4 is 9.47 Å². The summed E-state index contributed by atoms with van der Waals surface area (Å²) in [6.45, 7) is 3.32. The molecule has 4 aromatic rings. The maximum Gasteiger partial charge on any atom is 0.233 e. The Morgan fingerprint density at radius 3 is 2.21 bits per heavy atom. The molecule has 2 N–H and O–H groups in total. The third-order valence-corrected chi connectivity index (χ3v) is 4.97. The molecule has 0 aliphatic heterocycles. The summed E-state index contributed by atoms with van der Waals surface area (Å²) in [6.07, 6.45) is 1.30. The van der Waals surface area contributed by atoms with Gasteiger partial charge in [-0.1, -0.05) is 53.6 Å². The largest absolute Gasteiger partial charge is 0.486 e. The minimum atomic E-state index is -0.375. The number of benzene rings is 3. The molecule has 7 heteroatoms. The minimum Gasteiger partial charge on any atom is -0.486 e. The van der Waals surface area contributed by atoms with Gasteiger partial charge in [-0.3, -0.25) is 4.98 Å². The molecule has 1 aromatic heterocycles. The van der Waals surface area contributed by atoms with Crippen LogP contribution in [0.5, 0.6) is 11.8 Å². The summed E-state index contributed by atoms with van der Waals surface area (Å²) < 4.78 is 10.4. The molecule has 0 amide bonds. The van der Waals surface area contributed by atoms with Gasteiger partial charge >= 0.3 is 0 Å². The standard InChI is InChI=1S/C22H17N2O2.C5H12O2.Ir/c1-25-20-14-23-21(22(24-20)26-2)17-12-10-16(11-13-17)19-9-5-7-15-6-3-4-8-18(15)19;1-4(6)3-5(2)7;/h3-12,14H,1-2H3;4-7H,3H2,1-2H3;/q-1;;. The number of hydrogen-bond donors (Lipinski definition) is 2. The molecule has 34 heavy (non-hydrogen) atoms. The Morgan fingerprint density at radius 1 is 0.912 bits per heavy atom. The predicted molar refractivity (Wildman–Crippen MR) is 130 cm³/mol. The topological polar surface area (TPSA) is 84.7 Å². The van der Waals surface area contributed by atoms with Gasteiger partial charge in [0.05, 0.1) is 32.6 Å². The van der Waals surface area contributed by atoms with Crippen molar-refractivity contribution in [2.45, 2.75) is 32.5 Å². The van der Waals surface area contributed by atoms with Crippen molar-refractivity contribution in [1.29, 1.82) is 0 Å². The first kappa shape index (κ1) is 27.4. The number of ether oxygens (including phenoxy) is 2. The summed E-state index contributed by atoms with van der Waals surface area (Å²) in [5.74, 6) is 0.830. The second kappa shape index (κ2) is 13.2. The van der Waals surface area contributed by atoms with E-state index in [2.05, 4.69) is 64.6 Å². The van der Waals surface area contributed by atoms with Crippen LogP contribution in [0.25, 0.3) is 33.2 Å². The molecule has 0 saturated carbocycles. The van der Waals surface area contributed by atoms with E-state index >= 15 is 0 Å². The second-order valence-corrected chi connectivity index (χ2v) is 7.72. The van der Waals surface area contributed by atoms with Gasteiger partial charge in [0, 0.05) is 25.8 Å². The minimum absolute atomic E-state index is 0. The second-order valence-electron chi connectivity index (χ2n) is 7.72. The molecular formula is C27H29IrN2O4-. The number of nitrogens with zero attached hydrogens (tertiary/aromatic N) is 2. The van der Waals surface area contributed by atoms with E-state index in [1.165, 1.54) is 16.3 Å². The Labute approximate surface area is 214 Å². The van der Waals surface area contributed by atoms with Crippen LogP contribution in [-0.4, -0.2) is 46.6 Å². The van der Waals surface area contributed by atoms with E-state index in [0.29, 0.717) is 23.9 Å². The van der Waals surface area contributed by atoms with Crippen LogP contribution in [0.15, 0.2) is 66.9 Å². The van der Waals surface area contributed by atoms with Crippen molar-refractivity contribution in [1.82, 2.24) is 9.97 Å². The van der Waals surface area contributed by atoms with Crippen molar-refractivity contribution in [2.75, 3.05) is 14.2 Å². The summed E-state index contributed by atoms with van der Waals surface area (Å²) in [6, 6.07) is 24.0. The Bertz CT molecular complexity index is 1170. The van der Waals surface area contributed by atoms with Gasteiger partial charge in [0.15, 0.2) is 5.88 Å². The summed E-state index contributed by atoms with van der Waals surface area (Å²) in [5, 5.41) is 19.6. The molecule has 181 valence electrons. The Hall–Kier alpha value is -2.83. The van der Waals surface area contributed by atoms with E-state index in [9.17, 15) is 0 Å². The summed E-state index contributed by atoms with van der Waals surface area (Å²) in [5.41, 5.74) is 3.74. The molecule has 0 fully saturated rings. The molecule has 0 aliphatic rings. The monoisotopic (exact) mass is 638 g/mol. The number of aliphatic hydroxyl groups excluding tert-OH is 2. The SMILES string of the molecule is CC(O)CC(C)O.COc1cnc(-c2[c-]cc(-c3cccc4ccccc34)cc2)c(OC)n1.[Ir]. The summed E-state index contributed by atoms with van der Waals surface area (Å²) in [7, 11) is 3.12. The zero-order valence-corrected chi connectivity index (χ0v) is 22.0. The van der Waals surface area contributed by atoms with Gasteiger partial charge in [0.1, 0.15) is 0 Å². The molecule has 1 radical (unpaired) electrons. The number of hydrogen-bond acceptors (Lipinski definition) is 6. The molecule has 0 saturated heterocycles. The number of fused-ring (bicyclic) bond motifs is 1. The molecule has 2 atom stereocenters. The number of methoxy groups -OCH3 is 2. The van der Waals surface area contributed by atoms with Crippen LogP contribution in [-0.2, 0) is 20.1 Å². The van der Waals surface area contributed by atoms with Crippen molar-refractivity contribution in [3.63, 3.8) is 0 Å². The van der Waals surface area contributed by atoms with Gasteiger partial charge in [0.2, 0.25) is 5.88 Å². The van der Waals surface area contributed by atoms with Gasteiger partial charge in [-0.15, -0.1) is 29.8 Å². The van der Waals surface area contributed by atoms with E-state index in [1.807, 2.05) is 12.1 Å².